The van der Waals surface area contributed by atoms with E-state index in [-0.39, 0.29) is 5.91 Å². The molecule has 1 amide bonds. The van der Waals surface area contributed by atoms with Gasteiger partial charge in [0.1, 0.15) is 16.9 Å². The SMILES string of the molecule is CCCCOc1ccc(NC(=O)C(C)(CCC)OC)c2cccnc12. The number of anilines is 1. The Morgan fingerprint density at radius 1 is 1.24 bits per heavy atom. The van der Waals surface area contributed by atoms with Crippen molar-refractivity contribution in [3.8, 4) is 5.75 Å². The monoisotopic (exact) mass is 344 g/mol. The fraction of sp³-hybridized carbons (Fsp3) is 0.500. The van der Waals surface area contributed by atoms with Crippen LogP contribution in [0.3, 0.4) is 0 Å². The molecule has 0 aliphatic heterocycles. The third-order valence-corrected chi connectivity index (χ3v) is 4.39. The third-order valence-electron chi connectivity index (χ3n) is 4.39. The molecule has 0 fully saturated rings. The first-order valence-corrected chi connectivity index (χ1v) is 8.92. The predicted molar refractivity (Wildman–Crippen MR) is 101 cm³/mol. The zero-order valence-electron chi connectivity index (χ0n) is 15.6. The number of rotatable bonds is 9. The average molecular weight is 344 g/mol. The highest BCUT2D eigenvalue weighted by atomic mass is 16.5. The van der Waals surface area contributed by atoms with Gasteiger partial charge in [-0.15, -0.1) is 0 Å². The summed E-state index contributed by atoms with van der Waals surface area (Å²) in [5.74, 6) is 0.590. The van der Waals surface area contributed by atoms with Gasteiger partial charge in [0, 0.05) is 18.7 Å². The van der Waals surface area contributed by atoms with Crippen LogP contribution in [0.2, 0.25) is 0 Å². The molecule has 1 aromatic carbocycles. The Bertz CT molecular complexity index is 717. The summed E-state index contributed by atoms with van der Waals surface area (Å²) in [6.45, 7) is 6.63. The molecular weight excluding hydrogens is 316 g/mol. The van der Waals surface area contributed by atoms with E-state index in [4.69, 9.17) is 9.47 Å². The highest BCUT2D eigenvalue weighted by Crippen LogP contribution is 2.31. The molecule has 0 spiro atoms. The van der Waals surface area contributed by atoms with Crippen molar-refractivity contribution in [1.82, 2.24) is 4.98 Å². The lowest BCUT2D eigenvalue weighted by molar-refractivity contribution is -0.136. The van der Waals surface area contributed by atoms with Gasteiger partial charge in [-0.2, -0.15) is 0 Å². The summed E-state index contributed by atoms with van der Waals surface area (Å²) in [6, 6.07) is 7.53. The molecule has 2 aromatic rings. The number of nitrogens with one attached hydrogen (secondary N) is 1. The number of benzene rings is 1. The number of unbranched alkanes of at least 4 members (excludes halogenated alkanes) is 1. The Kier molecular flexibility index (Phi) is 6.76. The van der Waals surface area contributed by atoms with Crippen molar-refractivity contribution in [1.29, 1.82) is 0 Å². The number of aromatic nitrogens is 1. The predicted octanol–water partition coefficient (Wildman–Crippen LogP) is 4.56. The van der Waals surface area contributed by atoms with E-state index in [0.717, 1.165) is 41.6 Å². The Balaban J connectivity index is 2.30. The highest BCUT2D eigenvalue weighted by Gasteiger charge is 2.32. The standard InChI is InChI=1S/C20H28N2O3/c1-5-7-14-25-17-11-10-16(15-9-8-13-21-18(15)17)22-19(23)20(3,24-4)12-6-2/h8-11,13H,5-7,12,14H2,1-4H3,(H,22,23). The normalized spacial score (nSPS) is 13.4. The molecule has 0 aliphatic rings. The molecule has 2 rings (SSSR count). The van der Waals surface area contributed by atoms with Gasteiger partial charge in [-0.3, -0.25) is 9.78 Å². The van der Waals surface area contributed by atoms with Crippen LogP contribution in [-0.4, -0.2) is 30.2 Å². The number of amides is 1. The molecule has 0 bridgehead atoms. The smallest absolute Gasteiger partial charge is 0.256 e. The van der Waals surface area contributed by atoms with Crippen LogP contribution in [0.15, 0.2) is 30.5 Å². The van der Waals surface area contributed by atoms with Gasteiger partial charge in [0.25, 0.3) is 5.91 Å². The second-order valence-electron chi connectivity index (χ2n) is 6.35. The number of carbonyl (C=O) groups is 1. The van der Waals surface area contributed by atoms with E-state index < -0.39 is 5.60 Å². The maximum Gasteiger partial charge on any atom is 0.256 e. The summed E-state index contributed by atoms with van der Waals surface area (Å²) in [5, 5.41) is 3.86. The van der Waals surface area contributed by atoms with E-state index in [1.807, 2.05) is 38.1 Å². The molecular formula is C20H28N2O3. The Morgan fingerprint density at radius 2 is 2.04 bits per heavy atom. The summed E-state index contributed by atoms with van der Waals surface area (Å²) in [7, 11) is 1.57. The molecule has 0 saturated heterocycles. The fourth-order valence-electron chi connectivity index (χ4n) is 2.74. The lowest BCUT2D eigenvalue weighted by Crippen LogP contribution is -2.41. The number of carbonyl (C=O) groups excluding carboxylic acids is 1. The van der Waals surface area contributed by atoms with Crippen LogP contribution < -0.4 is 10.1 Å². The molecule has 1 aromatic heterocycles. The number of nitrogens with zero attached hydrogens (tertiary/aromatic N) is 1. The maximum absolute atomic E-state index is 12.7. The second-order valence-corrected chi connectivity index (χ2v) is 6.35. The van der Waals surface area contributed by atoms with Crippen LogP contribution in [0.25, 0.3) is 10.9 Å². The Labute approximate surface area is 149 Å². The zero-order chi connectivity index (χ0) is 18.3. The van der Waals surface area contributed by atoms with Crippen molar-refractivity contribution >= 4 is 22.5 Å². The van der Waals surface area contributed by atoms with Gasteiger partial charge in [-0.05, 0) is 44.0 Å². The number of hydrogen-bond acceptors (Lipinski definition) is 4. The van der Waals surface area contributed by atoms with Gasteiger partial charge in [0.15, 0.2) is 0 Å². The Hall–Kier alpha value is -2.14. The first-order valence-electron chi connectivity index (χ1n) is 8.92. The van der Waals surface area contributed by atoms with Crippen LogP contribution in [0.1, 0.15) is 46.5 Å². The summed E-state index contributed by atoms with van der Waals surface area (Å²) in [6.07, 6.45) is 5.33. The molecule has 5 nitrogen and oxygen atoms in total. The first-order chi connectivity index (χ1) is 12.1. The van der Waals surface area contributed by atoms with Crippen LogP contribution in [-0.2, 0) is 9.53 Å². The summed E-state index contributed by atoms with van der Waals surface area (Å²) in [5.41, 5.74) is 0.626. The average Bonchev–Trinajstić information content (AvgIpc) is 2.63. The van der Waals surface area contributed by atoms with Gasteiger partial charge in [0.2, 0.25) is 0 Å². The number of ether oxygens (including phenoxy) is 2. The minimum atomic E-state index is -0.848. The van der Waals surface area contributed by atoms with Gasteiger partial charge >= 0.3 is 0 Å². The molecule has 25 heavy (non-hydrogen) atoms. The fourth-order valence-corrected chi connectivity index (χ4v) is 2.74. The lowest BCUT2D eigenvalue weighted by Gasteiger charge is -2.26. The number of pyridine rings is 1. The van der Waals surface area contributed by atoms with Crippen LogP contribution in [0.5, 0.6) is 5.75 Å². The van der Waals surface area contributed by atoms with E-state index in [9.17, 15) is 4.79 Å². The van der Waals surface area contributed by atoms with Crippen LogP contribution in [0.4, 0.5) is 5.69 Å². The molecule has 1 atom stereocenters. The van der Waals surface area contributed by atoms with Crippen molar-refractivity contribution in [3.05, 3.63) is 30.5 Å². The largest absolute Gasteiger partial charge is 0.491 e. The zero-order valence-corrected chi connectivity index (χ0v) is 15.6. The van der Waals surface area contributed by atoms with Crippen LogP contribution in [0, 0.1) is 0 Å². The maximum atomic E-state index is 12.7. The van der Waals surface area contributed by atoms with Crippen molar-refractivity contribution in [3.63, 3.8) is 0 Å². The minimum absolute atomic E-state index is 0.151. The van der Waals surface area contributed by atoms with Gasteiger partial charge < -0.3 is 14.8 Å². The van der Waals surface area contributed by atoms with E-state index in [1.165, 1.54) is 0 Å². The molecule has 0 radical (unpaired) electrons. The second kappa shape index (κ2) is 8.81. The quantitative estimate of drug-likeness (QED) is 0.678. The van der Waals surface area contributed by atoms with Gasteiger partial charge in [-0.25, -0.2) is 0 Å². The van der Waals surface area contributed by atoms with Crippen molar-refractivity contribution in [2.24, 2.45) is 0 Å². The number of hydrogen-bond donors (Lipinski definition) is 1. The van der Waals surface area contributed by atoms with Gasteiger partial charge in [0.05, 0.1) is 12.3 Å². The van der Waals surface area contributed by atoms with Crippen molar-refractivity contribution in [2.45, 2.75) is 52.1 Å². The molecule has 5 heteroatoms. The highest BCUT2D eigenvalue weighted by molar-refractivity contribution is 6.05. The van der Waals surface area contributed by atoms with E-state index in [0.29, 0.717) is 13.0 Å². The van der Waals surface area contributed by atoms with Gasteiger partial charge in [-0.1, -0.05) is 26.7 Å². The van der Waals surface area contributed by atoms with Crippen LogP contribution >= 0.6 is 0 Å². The lowest BCUT2D eigenvalue weighted by atomic mass is 9.99. The first kappa shape index (κ1) is 19.2. The third kappa shape index (κ3) is 4.48. The Morgan fingerprint density at radius 3 is 2.72 bits per heavy atom. The minimum Gasteiger partial charge on any atom is -0.491 e. The molecule has 0 aliphatic carbocycles. The van der Waals surface area contributed by atoms with Crippen molar-refractivity contribution < 1.29 is 14.3 Å². The van der Waals surface area contributed by atoms with E-state index >= 15 is 0 Å². The molecule has 1 N–H and O–H groups in total. The summed E-state index contributed by atoms with van der Waals surface area (Å²) >= 11 is 0. The molecule has 1 unspecified atom stereocenters. The van der Waals surface area contributed by atoms with E-state index in [1.54, 1.807) is 13.3 Å². The number of fused-ring (bicyclic) bond motifs is 1. The molecule has 136 valence electrons. The van der Waals surface area contributed by atoms with E-state index in [2.05, 4.69) is 17.2 Å². The topological polar surface area (TPSA) is 60.5 Å². The van der Waals surface area contributed by atoms with Crippen molar-refractivity contribution in [2.75, 3.05) is 19.0 Å². The molecule has 0 saturated carbocycles. The summed E-state index contributed by atoms with van der Waals surface area (Å²) < 4.78 is 11.3. The molecule has 1 heterocycles. The summed E-state index contributed by atoms with van der Waals surface area (Å²) in [4.78, 5) is 17.1. The number of methoxy groups -OCH3 is 1.